The van der Waals surface area contributed by atoms with Crippen LogP contribution in [0.2, 0.25) is 0 Å². The first kappa shape index (κ1) is 14.5. The van der Waals surface area contributed by atoms with Gasteiger partial charge in [0.1, 0.15) is 0 Å². The minimum absolute atomic E-state index is 0.229. The first-order valence-electron chi connectivity index (χ1n) is 5.48. The van der Waals surface area contributed by atoms with Gasteiger partial charge in [0.15, 0.2) is 0 Å². The van der Waals surface area contributed by atoms with Crippen molar-refractivity contribution in [3.63, 3.8) is 0 Å². The van der Waals surface area contributed by atoms with E-state index < -0.39 is 10.0 Å². The smallest absolute Gasteiger partial charge is 0.244 e. The van der Waals surface area contributed by atoms with Gasteiger partial charge in [-0.05, 0) is 40.5 Å². The zero-order valence-corrected chi connectivity index (χ0v) is 12.4. The molecule has 0 heterocycles. The second-order valence-corrected chi connectivity index (χ2v) is 6.45. The molecule has 0 aromatic heterocycles. The van der Waals surface area contributed by atoms with E-state index in [0.717, 1.165) is 6.42 Å². The average molecular weight is 321 g/mol. The Morgan fingerprint density at radius 3 is 2.53 bits per heavy atom. The van der Waals surface area contributed by atoms with Gasteiger partial charge in [-0.15, -0.1) is 0 Å². The number of nitrogens with two attached hydrogens (primary N) is 1. The van der Waals surface area contributed by atoms with Crippen LogP contribution in [-0.4, -0.2) is 25.8 Å². The highest BCUT2D eigenvalue weighted by molar-refractivity contribution is 9.10. The predicted octanol–water partition coefficient (Wildman–Crippen LogP) is 2.45. The molecular formula is C11H17BrN2O2S. The number of halogens is 1. The quantitative estimate of drug-likeness (QED) is 0.847. The number of nitrogen functional groups attached to an aromatic ring is 1. The van der Waals surface area contributed by atoms with E-state index in [1.807, 2.05) is 13.8 Å². The van der Waals surface area contributed by atoms with Crippen molar-refractivity contribution in [1.29, 1.82) is 0 Å². The maximum Gasteiger partial charge on any atom is 0.244 e. The molecule has 0 fully saturated rings. The number of rotatable bonds is 5. The maximum atomic E-state index is 12.4. The second kappa shape index (κ2) is 5.84. The number of anilines is 1. The Morgan fingerprint density at radius 2 is 2.00 bits per heavy atom. The second-order valence-electron chi connectivity index (χ2n) is 3.69. The Hall–Kier alpha value is -0.590. The highest BCUT2D eigenvalue weighted by Gasteiger charge is 2.24. The largest absolute Gasteiger partial charge is 0.399 e. The SMILES string of the molecule is CCCN(CC)S(=O)(=O)c1cc(N)ccc1Br. The van der Waals surface area contributed by atoms with Gasteiger partial charge in [-0.25, -0.2) is 8.42 Å². The maximum absolute atomic E-state index is 12.4. The third kappa shape index (κ3) is 3.20. The topological polar surface area (TPSA) is 63.4 Å². The highest BCUT2D eigenvalue weighted by atomic mass is 79.9. The molecule has 0 saturated carbocycles. The van der Waals surface area contributed by atoms with Crippen molar-refractivity contribution in [3.8, 4) is 0 Å². The number of nitrogens with zero attached hydrogens (tertiary/aromatic N) is 1. The normalized spacial score (nSPS) is 12.0. The number of hydrogen-bond acceptors (Lipinski definition) is 3. The lowest BCUT2D eigenvalue weighted by atomic mass is 10.3. The monoisotopic (exact) mass is 320 g/mol. The molecule has 17 heavy (non-hydrogen) atoms. The van der Waals surface area contributed by atoms with Gasteiger partial charge in [0.2, 0.25) is 10.0 Å². The van der Waals surface area contributed by atoms with Gasteiger partial charge >= 0.3 is 0 Å². The molecule has 2 N–H and O–H groups in total. The molecule has 0 unspecified atom stereocenters. The summed E-state index contributed by atoms with van der Waals surface area (Å²) in [6.07, 6.45) is 0.785. The molecule has 1 rings (SSSR count). The van der Waals surface area contributed by atoms with Gasteiger partial charge in [-0.1, -0.05) is 13.8 Å². The zero-order chi connectivity index (χ0) is 13.1. The first-order chi connectivity index (χ1) is 7.93. The molecule has 0 radical (unpaired) electrons. The minimum atomic E-state index is -3.46. The van der Waals surface area contributed by atoms with Crippen molar-refractivity contribution in [1.82, 2.24) is 4.31 Å². The van der Waals surface area contributed by atoms with Crippen LogP contribution in [0.15, 0.2) is 27.6 Å². The van der Waals surface area contributed by atoms with Crippen LogP contribution in [0.25, 0.3) is 0 Å². The van der Waals surface area contributed by atoms with Crippen molar-refractivity contribution in [3.05, 3.63) is 22.7 Å². The Labute approximate surface area is 111 Å². The van der Waals surface area contributed by atoms with Gasteiger partial charge in [0.05, 0.1) is 4.90 Å². The lowest BCUT2D eigenvalue weighted by Gasteiger charge is -2.20. The van der Waals surface area contributed by atoms with Crippen LogP contribution < -0.4 is 5.73 Å². The lowest BCUT2D eigenvalue weighted by Crippen LogP contribution is -2.31. The van der Waals surface area contributed by atoms with E-state index >= 15 is 0 Å². The van der Waals surface area contributed by atoms with E-state index in [2.05, 4.69) is 15.9 Å². The van der Waals surface area contributed by atoms with Gasteiger partial charge in [-0.3, -0.25) is 0 Å². The molecule has 0 aliphatic rings. The van der Waals surface area contributed by atoms with Crippen molar-refractivity contribution in [2.45, 2.75) is 25.2 Å². The molecule has 0 atom stereocenters. The van der Waals surface area contributed by atoms with Crippen molar-refractivity contribution < 1.29 is 8.42 Å². The van der Waals surface area contributed by atoms with Crippen LogP contribution >= 0.6 is 15.9 Å². The molecule has 0 aliphatic carbocycles. The van der Waals surface area contributed by atoms with Gasteiger partial charge in [0.25, 0.3) is 0 Å². The molecular weight excluding hydrogens is 304 g/mol. The summed E-state index contributed by atoms with van der Waals surface area (Å²) in [4.78, 5) is 0.229. The fourth-order valence-electron chi connectivity index (χ4n) is 1.55. The van der Waals surface area contributed by atoms with Crippen LogP contribution in [0.3, 0.4) is 0 Å². The molecule has 4 nitrogen and oxygen atoms in total. The van der Waals surface area contributed by atoms with Crippen LogP contribution in [0.4, 0.5) is 5.69 Å². The summed E-state index contributed by atoms with van der Waals surface area (Å²) < 4.78 is 26.7. The van der Waals surface area contributed by atoms with E-state index in [4.69, 9.17) is 5.73 Å². The van der Waals surface area contributed by atoms with Crippen molar-refractivity contribution in [2.75, 3.05) is 18.8 Å². The third-order valence-corrected chi connectivity index (χ3v) is 5.37. The lowest BCUT2D eigenvalue weighted by molar-refractivity contribution is 0.427. The molecule has 96 valence electrons. The average Bonchev–Trinajstić information content (AvgIpc) is 2.28. The molecule has 0 amide bonds. The Bertz CT molecular complexity index is 488. The highest BCUT2D eigenvalue weighted by Crippen LogP contribution is 2.27. The van der Waals surface area contributed by atoms with Crippen LogP contribution in [-0.2, 0) is 10.0 Å². The molecule has 1 aromatic carbocycles. The van der Waals surface area contributed by atoms with Gasteiger partial charge in [0, 0.05) is 23.2 Å². The van der Waals surface area contributed by atoms with E-state index in [9.17, 15) is 8.42 Å². The fourth-order valence-corrected chi connectivity index (χ4v) is 4.06. The standard InChI is InChI=1S/C11H17BrN2O2S/c1-3-7-14(4-2)17(15,16)11-8-9(13)5-6-10(11)12/h5-6,8H,3-4,7,13H2,1-2H3. The Kier molecular flexibility index (Phi) is 4.97. The third-order valence-electron chi connectivity index (χ3n) is 2.40. The summed E-state index contributed by atoms with van der Waals surface area (Å²) in [5, 5.41) is 0. The summed E-state index contributed by atoms with van der Waals surface area (Å²) in [7, 11) is -3.46. The van der Waals surface area contributed by atoms with Crippen LogP contribution in [0, 0.1) is 0 Å². The van der Waals surface area contributed by atoms with E-state index in [1.54, 1.807) is 12.1 Å². The molecule has 0 aliphatic heterocycles. The number of benzene rings is 1. The fraction of sp³-hybridized carbons (Fsp3) is 0.455. The Balaban J connectivity index is 3.24. The summed E-state index contributed by atoms with van der Waals surface area (Å²) in [5.41, 5.74) is 6.08. The van der Waals surface area contributed by atoms with Gasteiger partial charge < -0.3 is 5.73 Å². The summed E-state index contributed by atoms with van der Waals surface area (Å²) in [5.74, 6) is 0. The summed E-state index contributed by atoms with van der Waals surface area (Å²) in [6, 6.07) is 4.80. The molecule has 0 spiro atoms. The Morgan fingerprint density at radius 1 is 1.35 bits per heavy atom. The molecule has 0 bridgehead atoms. The van der Waals surface area contributed by atoms with E-state index in [1.165, 1.54) is 10.4 Å². The van der Waals surface area contributed by atoms with Crippen LogP contribution in [0.5, 0.6) is 0 Å². The minimum Gasteiger partial charge on any atom is -0.399 e. The van der Waals surface area contributed by atoms with Crippen LogP contribution in [0.1, 0.15) is 20.3 Å². The first-order valence-corrected chi connectivity index (χ1v) is 7.72. The van der Waals surface area contributed by atoms with Crippen molar-refractivity contribution in [2.24, 2.45) is 0 Å². The van der Waals surface area contributed by atoms with E-state index in [0.29, 0.717) is 23.2 Å². The molecule has 0 saturated heterocycles. The van der Waals surface area contributed by atoms with E-state index in [-0.39, 0.29) is 4.90 Å². The number of sulfonamides is 1. The van der Waals surface area contributed by atoms with Gasteiger partial charge in [-0.2, -0.15) is 4.31 Å². The van der Waals surface area contributed by atoms with Crippen molar-refractivity contribution >= 4 is 31.6 Å². The number of hydrogen-bond donors (Lipinski definition) is 1. The molecule has 6 heteroatoms. The predicted molar refractivity (Wildman–Crippen MR) is 73.3 cm³/mol. The molecule has 1 aromatic rings. The summed E-state index contributed by atoms with van der Waals surface area (Å²) >= 11 is 3.25. The summed E-state index contributed by atoms with van der Waals surface area (Å²) in [6.45, 7) is 4.75. The zero-order valence-electron chi connectivity index (χ0n) is 9.98.